The molecule has 0 atom stereocenters. The molecule has 118 valence electrons. The van der Waals surface area contributed by atoms with E-state index in [0.717, 1.165) is 17.5 Å². The Hall–Kier alpha value is -0.990. The summed E-state index contributed by atoms with van der Waals surface area (Å²) in [4.78, 5) is 2.42. The first-order valence-corrected chi connectivity index (χ1v) is 9.08. The SMILES string of the molecule is CN1CCc2c(c3cc(Cl)ccc3n2CCC2CCCC2)C1. The minimum Gasteiger partial charge on any atom is -0.344 e. The minimum atomic E-state index is 0.858. The Labute approximate surface area is 138 Å². The van der Waals surface area contributed by atoms with Crippen LogP contribution in [-0.4, -0.2) is 23.1 Å². The summed E-state index contributed by atoms with van der Waals surface area (Å²) in [6.07, 6.45) is 8.27. The van der Waals surface area contributed by atoms with Gasteiger partial charge in [0.25, 0.3) is 0 Å². The lowest BCUT2D eigenvalue weighted by Crippen LogP contribution is -2.27. The van der Waals surface area contributed by atoms with Crippen molar-refractivity contribution in [1.82, 2.24) is 9.47 Å². The molecule has 1 fully saturated rings. The molecule has 1 aliphatic carbocycles. The van der Waals surface area contributed by atoms with Crippen LogP contribution in [0.15, 0.2) is 18.2 Å². The second-order valence-corrected chi connectivity index (χ2v) is 7.60. The Morgan fingerprint density at radius 3 is 2.86 bits per heavy atom. The first-order valence-electron chi connectivity index (χ1n) is 8.70. The van der Waals surface area contributed by atoms with Crippen molar-refractivity contribution >= 4 is 22.5 Å². The van der Waals surface area contributed by atoms with Crippen LogP contribution in [0.5, 0.6) is 0 Å². The molecule has 0 amide bonds. The van der Waals surface area contributed by atoms with Gasteiger partial charge in [0.15, 0.2) is 0 Å². The first kappa shape index (κ1) is 14.6. The molecule has 0 radical (unpaired) electrons. The van der Waals surface area contributed by atoms with Crippen molar-refractivity contribution in [1.29, 1.82) is 0 Å². The van der Waals surface area contributed by atoms with Crippen LogP contribution in [-0.2, 0) is 19.5 Å². The molecule has 0 N–H and O–H groups in total. The van der Waals surface area contributed by atoms with Crippen molar-refractivity contribution in [3.8, 4) is 0 Å². The predicted octanol–water partition coefficient (Wildman–Crippen LogP) is 4.86. The van der Waals surface area contributed by atoms with Gasteiger partial charge in [-0.05, 0) is 43.1 Å². The summed E-state index contributed by atoms with van der Waals surface area (Å²) < 4.78 is 2.60. The maximum absolute atomic E-state index is 6.26. The average Bonchev–Trinajstić information content (AvgIpc) is 3.11. The summed E-state index contributed by atoms with van der Waals surface area (Å²) in [5, 5.41) is 2.23. The Kier molecular flexibility index (Phi) is 3.91. The average molecular weight is 317 g/mol. The number of fused-ring (bicyclic) bond motifs is 3. The molecule has 0 bridgehead atoms. The third-order valence-electron chi connectivity index (χ3n) is 5.64. The minimum absolute atomic E-state index is 0.858. The number of likely N-dealkylation sites (N-methyl/N-ethyl adjacent to an activating group) is 1. The van der Waals surface area contributed by atoms with Crippen molar-refractivity contribution in [2.24, 2.45) is 5.92 Å². The van der Waals surface area contributed by atoms with Crippen molar-refractivity contribution in [2.75, 3.05) is 13.6 Å². The van der Waals surface area contributed by atoms with Crippen LogP contribution in [0.25, 0.3) is 10.9 Å². The second kappa shape index (κ2) is 5.90. The van der Waals surface area contributed by atoms with Gasteiger partial charge >= 0.3 is 0 Å². The van der Waals surface area contributed by atoms with E-state index in [1.807, 2.05) is 6.07 Å². The normalized spacial score (nSPS) is 19.9. The topological polar surface area (TPSA) is 8.17 Å². The Morgan fingerprint density at radius 1 is 1.23 bits per heavy atom. The summed E-state index contributed by atoms with van der Waals surface area (Å²) in [6.45, 7) is 3.41. The molecule has 4 rings (SSSR count). The molecular weight excluding hydrogens is 292 g/mol. The lowest BCUT2D eigenvalue weighted by Gasteiger charge is -2.24. The smallest absolute Gasteiger partial charge is 0.0486 e. The van der Waals surface area contributed by atoms with Crippen LogP contribution in [0.2, 0.25) is 5.02 Å². The van der Waals surface area contributed by atoms with Gasteiger partial charge in [-0.2, -0.15) is 0 Å². The number of rotatable bonds is 3. The second-order valence-electron chi connectivity index (χ2n) is 7.17. The van der Waals surface area contributed by atoms with Gasteiger partial charge in [-0.25, -0.2) is 0 Å². The molecule has 0 saturated heterocycles. The Morgan fingerprint density at radius 2 is 2.05 bits per heavy atom. The zero-order valence-electron chi connectivity index (χ0n) is 13.4. The fourth-order valence-corrected chi connectivity index (χ4v) is 4.60. The van der Waals surface area contributed by atoms with Gasteiger partial charge in [0.05, 0.1) is 0 Å². The summed E-state index contributed by atoms with van der Waals surface area (Å²) >= 11 is 6.26. The number of aryl methyl sites for hydroxylation is 1. The van der Waals surface area contributed by atoms with Crippen LogP contribution in [0.3, 0.4) is 0 Å². The van der Waals surface area contributed by atoms with Crippen LogP contribution < -0.4 is 0 Å². The van der Waals surface area contributed by atoms with E-state index < -0.39 is 0 Å². The molecule has 2 aliphatic rings. The van der Waals surface area contributed by atoms with E-state index >= 15 is 0 Å². The van der Waals surface area contributed by atoms with E-state index in [2.05, 4.69) is 28.6 Å². The third kappa shape index (κ3) is 2.57. The fraction of sp³-hybridized carbons (Fsp3) is 0.579. The third-order valence-corrected chi connectivity index (χ3v) is 5.88. The van der Waals surface area contributed by atoms with Gasteiger partial charge < -0.3 is 9.47 Å². The number of benzene rings is 1. The van der Waals surface area contributed by atoms with Crippen LogP contribution in [0, 0.1) is 5.92 Å². The van der Waals surface area contributed by atoms with Crippen LogP contribution >= 0.6 is 11.6 Å². The number of aromatic nitrogens is 1. The Bertz CT molecular complexity index is 682. The quantitative estimate of drug-likeness (QED) is 0.785. The Balaban J connectivity index is 1.72. The zero-order chi connectivity index (χ0) is 15.1. The van der Waals surface area contributed by atoms with E-state index in [1.54, 1.807) is 5.69 Å². The van der Waals surface area contributed by atoms with Crippen molar-refractivity contribution < 1.29 is 0 Å². The van der Waals surface area contributed by atoms with Gasteiger partial charge in [0, 0.05) is 47.7 Å². The predicted molar refractivity (Wildman–Crippen MR) is 93.6 cm³/mol. The lowest BCUT2D eigenvalue weighted by molar-refractivity contribution is 0.308. The van der Waals surface area contributed by atoms with Crippen molar-refractivity contribution in [3.63, 3.8) is 0 Å². The van der Waals surface area contributed by atoms with E-state index in [0.29, 0.717) is 0 Å². The molecule has 1 aromatic heterocycles. The fourth-order valence-electron chi connectivity index (χ4n) is 4.42. The molecule has 3 heteroatoms. The number of hydrogen-bond donors (Lipinski definition) is 0. The van der Waals surface area contributed by atoms with Crippen LogP contribution in [0.1, 0.15) is 43.4 Å². The highest BCUT2D eigenvalue weighted by molar-refractivity contribution is 6.31. The summed E-state index contributed by atoms with van der Waals surface area (Å²) in [6, 6.07) is 6.44. The highest BCUT2D eigenvalue weighted by Gasteiger charge is 2.23. The van der Waals surface area contributed by atoms with Gasteiger partial charge in [-0.15, -0.1) is 0 Å². The van der Waals surface area contributed by atoms with Gasteiger partial charge in [0.1, 0.15) is 0 Å². The van der Waals surface area contributed by atoms with E-state index in [-0.39, 0.29) is 0 Å². The van der Waals surface area contributed by atoms with E-state index in [9.17, 15) is 0 Å². The summed E-state index contributed by atoms with van der Waals surface area (Å²) in [7, 11) is 2.22. The standard InChI is InChI=1S/C19H25ClN2/c1-21-10-9-19-17(13-21)16-12-15(20)6-7-18(16)22(19)11-8-14-4-2-3-5-14/h6-7,12,14H,2-5,8-11,13H2,1H3. The molecule has 0 spiro atoms. The monoisotopic (exact) mass is 316 g/mol. The molecule has 2 heterocycles. The van der Waals surface area contributed by atoms with Crippen LogP contribution in [0.4, 0.5) is 0 Å². The van der Waals surface area contributed by atoms with E-state index in [1.165, 1.54) is 68.1 Å². The van der Waals surface area contributed by atoms with Crippen molar-refractivity contribution in [3.05, 3.63) is 34.5 Å². The number of halogens is 1. The molecule has 22 heavy (non-hydrogen) atoms. The maximum atomic E-state index is 6.26. The number of hydrogen-bond acceptors (Lipinski definition) is 1. The molecule has 1 saturated carbocycles. The molecule has 1 aliphatic heterocycles. The molecule has 2 nitrogen and oxygen atoms in total. The summed E-state index contributed by atoms with van der Waals surface area (Å²) in [5.41, 5.74) is 4.47. The largest absolute Gasteiger partial charge is 0.344 e. The molecular formula is C19H25ClN2. The molecule has 2 aromatic rings. The molecule has 0 unspecified atom stereocenters. The van der Waals surface area contributed by atoms with E-state index in [4.69, 9.17) is 11.6 Å². The summed E-state index contributed by atoms with van der Waals surface area (Å²) in [5.74, 6) is 0.951. The molecule has 1 aromatic carbocycles. The first-order chi connectivity index (χ1) is 10.7. The van der Waals surface area contributed by atoms with Gasteiger partial charge in [-0.1, -0.05) is 37.3 Å². The number of nitrogens with zero attached hydrogens (tertiary/aromatic N) is 2. The highest BCUT2D eigenvalue weighted by atomic mass is 35.5. The maximum Gasteiger partial charge on any atom is 0.0486 e. The van der Waals surface area contributed by atoms with Gasteiger partial charge in [-0.3, -0.25) is 0 Å². The van der Waals surface area contributed by atoms with Crippen molar-refractivity contribution in [2.45, 2.75) is 51.6 Å². The lowest BCUT2D eigenvalue weighted by atomic mass is 10.0. The van der Waals surface area contributed by atoms with Gasteiger partial charge in [0.2, 0.25) is 0 Å². The highest BCUT2D eigenvalue weighted by Crippen LogP contribution is 2.34. The zero-order valence-corrected chi connectivity index (χ0v) is 14.2.